The van der Waals surface area contributed by atoms with Crippen molar-refractivity contribution in [2.24, 2.45) is 0 Å². The number of halogens is 1. The van der Waals surface area contributed by atoms with Crippen LogP contribution in [0.4, 0.5) is 17.1 Å². The molecule has 338 valence electrons. The lowest BCUT2D eigenvalue weighted by molar-refractivity contribution is -0.138. The monoisotopic (exact) mass is 969 g/mol. The van der Waals surface area contributed by atoms with Crippen molar-refractivity contribution in [3.63, 3.8) is 0 Å². The molecule has 0 spiro atoms. The van der Waals surface area contributed by atoms with Crippen LogP contribution in [-0.4, -0.2) is 87.5 Å². The Hall–Kier alpha value is -8.61. The van der Waals surface area contributed by atoms with Gasteiger partial charge in [0.25, 0.3) is 0 Å². The number of aliphatic hydroxyl groups excluding tert-OH is 1. The molecule has 0 unspecified atom stereocenters. The van der Waals surface area contributed by atoms with Gasteiger partial charge in [0.05, 0.1) is 57.0 Å². The fraction of sp³-hybridized carbons (Fsp3) is 0.0816. The average molecular weight is 971 g/mol. The van der Waals surface area contributed by atoms with Crippen LogP contribution in [0.2, 0.25) is 0 Å². The van der Waals surface area contributed by atoms with Crippen molar-refractivity contribution in [2.75, 3.05) is 43.6 Å². The van der Waals surface area contributed by atoms with Crippen LogP contribution in [0, 0.1) is 0 Å². The van der Waals surface area contributed by atoms with Gasteiger partial charge in [0, 0.05) is 56.1 Å². The normalized spacial score (nSPS) is 12.6. The minimum atomic E-state index is -0.604. The number of carbonyl (C=O) groups is 7. The van der Waals surface area contributed by atoms with Gasteiger partial charge in [0.2, 0.25) is 0 Å². The summed E-state index contributed by atoms with van der Waals surface area (Å²) in [6.45, 7) is 2.86. The van der Waals surface area contributed by atoms with Gasteiger partial charge in [-0.15, -0.1) is 0 Å². The number of rotatable bonds is 8. The van der Waals surface area contributed by atoms with Crippen molar-refractivity contribution in [3.05, 3.63) is 175 Å². The third-order valence-electron chi connectivity index (χ3n) is 10.6. The van der Waals surface area contributed by atoms with Gasteiger partial charge in [-0.1, -0.05) is 79.4 Å². The summed E-state index contributed by atoms with van der Waals surface area (Å²) in [7, 11) is 0. The number of nitrogens with two attached hydrogens (primary N) is 3. The number of nitrogen functional groups attached to an aromatic ring is 3. The van der Waals surface area contributed by atoms with Gasteiger partial charge < -0.3 is 51.8 Å². The maximum Gasteiger partial charge on any atom is 0.330 e. The van der Waals surface area contributed by atoms with Crippen molar-refractivity contribution >= 4 is 73.7 Å². The lowest BCUT2D eigenvalue weighted by Gasteiger charge is -2.21. The predicted octanol–water partition coefficient (Wildman–Crippen LogP) is 5.49. The summed E-state index contributed by atoms with van der Waals surface area (Å²) in [5.74, 6) is -4.11. The summed E-state index contributed by atoms with van der Waals surface area (Å²) in [6, 6.07) is 22.9. The third kappa shape index (κ3) is 8.33. The number of anilines is 3. The molecule has 0 aromatic heterocycles. The van der Waals surface area contributed by atoms with Crippen LogP contribution < -0.4 is 26.7 Å². The number of fused-ring (bicyclic) bond motifs is 6. The first-order valence-electron chi connectivity index (χ1n) is 19.9. The van der Waals surface area contributed by atoms with Crippen molar-refractivity contribution in [1.29, 1.82) is 0 Å². The van der Waals surface area contributed by atoms with Gasteiger partial charge in [-0.05, 0) is 22.0 Å². The van der Waals surface area contributed by atoms with Crippen molar-refractivity contribution in [3.8, 4) is 28.7 Å². The third-order valence-corrected chi connectivity index (χ3v) is 11.3. The van der Waals surface area contributed by atoms with E-state index >= 15 is 0 Å². The highest BCUT2D eigenvalue weighted by atomic mass is 79.9. The van der Waals surface area contributed by atoms with E-state index in [0.29, 0.717) is 10.0 Å². The predicted molar refractivity (Wildman–Crippen MR) is 244 cm³/mol. The van der Waals surface area contributed by atoms with Crippen molar-refractivity contribution < 1.29 is 68.2 Å². The zero-order chi connectivity index (χ0) is 48.4. The fourth-order valence-electron chi connectivity index (χ4n) is 7.56. The zero-order valence-electron chi connectivity index (χ0n) is 34.8. The first kappa shape index (κ1) is 46.4. The summed E-state index contributed by atoms with van der Waals surface area (Å²) >= 11 is 3.16. The largest absolute Gasteiger partial charge is 0.507 e. The Bertz CT molecular complexity index is 3160. The SMILES string of the molecule is C=CC(=O)OCCOc1cc(O)c2c(c1N)C(=O)c1ccccc1C2=O.Nc1c(Br)cc(O)c2c1C(=O)c1ccccc1C2=O.Nc1c(OCCO)cc(O)c2c1C(=O)c1ccccc1C2=O. The van der Waals surface area contributed by atoms with Crippen LogP contribution in [0.15, 0.2) is 108 Å². The highest BCUT2D eigenvalue weighted by Crippen LogP contribution is 2.43. The fourth-order valence-corrected chi connectivity index (χ4v) is 7.98. The first-order valence-corrected chi connectivity index (χ1v) is 20.7. The minimum absolute atomic E-state index is 0.0193. The van der Waals surface area contributed by atoms with E-state index in [-0.39, 0.29) is 139 Å². The van der Waals surface area contributed by atoms with Crippen LogP contribution in [0.5, 0.6) is 28.7 Å². The lowest BCUT2D eigenvalue weighted by atomic mass is 9.82. The second kappa shape index (κ2) is 18.9. The molecule has 0 fully saturated rings. The van der Waals surface area contributed by atoms with Crippen molar-refractivity contribution in [2.45, 2.75) is 0 Å². The molecule has 6 aromatic rings. The van der Waals surface area contributed by atoms with Crippen molar-refractivity contribution in [1.82, 2.24) is 0 Å². The smallest absolute Gasteiger partial charge is 0.330 e. The molecule has 17 nitrogen and oxygen atoms in total. The van der Waals surface area contributed by atoms with Gasteiger partial charge in [0.15, 0.2) is 34.7 Å². The van der Waals surface area contributed by atoms with Gasteiger partial charge >= 0.3 is 5.97 Å². The molecule has 0 aliphatic heterocycles. The average Bonchev–Trinajstić information content (AvgIpc) is 3.33. The molecule has 6 aromatic carbocycles. The number of esters is 1. The molecule has 9 rings (SSSR count). The maximum atomic E-state index is 12.8. The van der Waals surface area contributed by atoms with Gasteiger partial charge in [-0.25, -0.2) is 4.79 Å². The van der Waals surface area contributed by atoms with E-state index in [9.17, 15) is 48.9 Å². The van der Waals surface area contributed by atoms with Gasteiger partial charge in [-0.2, -0.15) is 0 Å². The number of carbonyl (C=O) groups excluding carboxylic acids is 7. The molecule has 3 aliphatic rings. The number of ketones is 6. The van der Waals surface area contributed by atoms with Crippen LogP contribution in [0.1, 0.15) is 95.5 Å². The molecule has 0 saturated heterocycles. The maximum absolute atomic E-state index is 12.8. The quantitative estimate of drug-likeness (QED) is 0.0325. The number of hydrogen-bond donors (Lipinski definition) is 7. The van der Waals surface area contributed by atoms with E-state index in [1.54, 1.807) is 48.5 Å². The number of ether oxygens (including phenoxy) is 3. The number of aromatic hydroxyl groups is 3. The Labute approximate surface area is 387 Å². The van der Waals surface area contributed by atoms with Crippen LogP contribution in [-0.2, 0) is 9.53 Å². The summed E-state index contributed by atoms with van der Waals surface area (Å²) in [5, 5.41) is 39.1. The van der Waals surface area contributed by atoms with E-state index in [1.807, 2.05) is 0 Å². The number of benzene rings is 6. The highest BCUT2D eigenvalue weighted by molar-refractivity contribution is 9.10. The summed E-state index contributed by atoms with van der Waals surface area (Å²) in [6.07, 6.45) is 1.01. The van der Waals surface area contributed by atoms with E-state index < -0.39 is 34.9 Å². The van der Waals surface area contributed by atoms with E-state index in [2.05, 4.69) is 22.5 Å². The second-order valence-electron chi connectivity index (χ2n) is 14.6. The molecule has 0 bridgehead atoms. The summed E-state index contributed by atoms with van der Waals surface area (Å²) in [5.41, 5.74) is 19.0. The molecular weight excluding hydrogens is 934 g/mol. The molecule has 0 radical (unpaired) electrons. The lowest BCUT2D eigenvalue weighted by Crippen LogP contribution is -2.23. The molecule has 0 heterocycles. The molecular formula is C49H36BrN3O14. The first-order chi connectivity index (χ1) is 32.0. The zero-order valence-corrected chi connectivity index (χ0v) is 36.3. The van der Waals surface area contributed by atoms with Gasteiger partial charge in [-0.3, -0.25) is 28.8 Å². The standard InChI is InChI=1S/C19H15NO6.C16H13NO5.C14H8BrNO3/c1-2-14(22)26-8-7-25-13-9-12(21)15-16(17(13)20)19(24)11-6-4-3-5-10(11)18(15)23;17-14-11(22-6-5-18)7-10(19)12-13(14)16(21)9-4-2-1-3-8(9)15(12)20;15-8-5-9(17)10-11(12(8)16)14(19)7-4-2-1-3-6(7)13(10)18/h2-6,9,21H,1,7-8,20H2;1-4,7,18-19H,5-6,17H2;1-5,17H,16H2. The molecule has 3 aliphatic carbocycles. The Morgan fingerprint density at radius 2 is 0.821 bits per heavy atom. The number of phenols is 3. The molecule has 10 N–H and O–H groups in total. The number of aliphatic hydroxyl groups is 1. The number of hydrogen-bond acceptors (Lipinski definition) is 17. The van der Waals surface area contributed by atoms with Crippen LogP contribution in [0.3, 0.4) is 0 Å². The molecule has 0 atom stereocenters. The van der Waals surface area contributed by atoms with E-state index in [1.165, 1.54) is 42.5 Å². The minimum Gasteiger partial charge on any atom is -0.507 e. The summed E-state index contributed by atoms with van der Waals surface area (Å²) < 4.78 is 15.8. The van der Waals surface area contributed by atoms with Crippen LogP contribution in [0.25, 0.3) is 0 Å². The summed E-state index contributed by atoms with van der Waals surface area (Å²) in [4.78, 5) is 86.3. The van der Waals surface area contributed by atoms with E-state index in [0.717, 1.165) is 6.08 Å². The topological polar surface area (TPSA) is 306 Å². The molecule has 0 saturated carbocycles. The Balaban J connectivity index is 0.000000151. The Kier molecular flexibility index (Phi) is 13.1. The molecule has 0 amide bonds. The Morgan fingerprint density at radius 3 is 1.16 bits per heavy atom. The molecule has 67 heavy (non-hydrogen) atoms. The second-order valence-corrected chi connectivity index (χ2v) is 15.4. The van der Waals surface area contributed by atoms with Crippen LogP contribution >= 0.6 is 15.9 Å². The van der Waals surface area contributed by atoms with E-state index in [4.69, 9.17) is 36.5 Å². The highest BCUT2D eigenvalue weighted by Gasteiger charge is 2.37. The Morgan fingerprint density at radius 1 is 0.507 bits per heavy atom. The van der Waals surface area contributed by atoms with Gasteiger partial charge in [0.1, 0.15) is 48.6 Å². The molecule has 18 heteroatoms. The number of phenolic OH excluding ortho intramolecular Hbond substituents is 3.